The molecule has 2 rings (SSSR count). The zero-order valence-electron chi connectivity index (χ0n) is 12.6. The van der Waals surface area contributed by atoms with Crippen LogP contribution in [-0.4, -0.2) is 36.6 Å². The molecular formula is C16H26BrN3. The van der Waals surface area contributed by atoms with E-state index in [1.54, 1.807) is 0 Å². The largest absolute Gasteiger partial charge is 0.316 e. The lowest BCUT2D eigenvalue weighted by Crippen LogP contribution is -2.35. The molecule has 1 aliphatic heterocycles. The van der Waals surface area contributed by atoms with Crippen molar-refractivity contribution < 1.29 is 0 Å². The Labute approximate surface area is 131 Å². The quantitative estimate of drug-likeness (QED) is 0.830. The Balaban J connectivity index is 2.16. The van der Waals surface area contributed by atoms with Gasteiger partial charge in [-0.15, -0.1) is 0 Å². The molecule has 1 aromatic rings. The maximum Gasteiger partial charge on any atom is 0.0410 e. The van der Waals surface area contributed by atoms with Gasteiger partial charge in [0.1, 0.15) is 0 Å². The lowest BCUT2D eigenvalue weighted by Gasteiger charge is -2.33. The molecular weight excluding hydrogens is 314 g/mol. The molecule has 112 valence electrons. The normalized spacial score (nSPS) is 24.6. The van der Waals surface area contributed by atoms with Crippen LogP contribution in [0.5, 0.6) is 0 Å². The summed E-state index contributed by atoms with van der Waals surface area (Å²) >= 11 is 3.56. The van der Waals surface area contributed by atoms with Crippen LogP contribution in [0.15, 0.2) is 22.9 Å². The minimum atomic E-state index is 0.479. The molecule has 0 aliphatic carbocycles. The molecule has 1 aromatic heterocycles. The van der Waals surface area contributed by atoms with E-state index in [2.05, 4.69) is 51.2 Å². The van der Waals surface area contributed by atoms with Gasteiger partial charge in [-0.3, -0.25) is 9.88 Å². The van der Waals surface area contributed by atoms with Crippen LogP contribution in [0, 0.1) is 5.92 Å². The Morgan fingerprint density at radius 3 is 3.00 bits per heavy atom. The molecule has 0 saturated carbocycles. The molecule has 1 fully saturated rings. The molecule has 20 heavy (non-hydrogen) atoms. The van der Waals surface area contributed by atoms with Gasteiger partial charge in [-0.25, -0.2) is 0 Å². The first-order chi connectivity index (χ1) is 9.72. The van der Waals surface area contributed by atoms with E-state index in [-0.39, 0.29) is 0 Å². The first kappa shape index (κ1) is 15.9. The minimum Gasteiger partial charge on any atom is -0.316 e. The molecule has 2 heterocycles. The monoisotopic (exact) mass is 339 g/mol. The standard InChI is InChI=1S/C16H26BrN3/c1-3-7-18-10-13-6-4-5-8-20(2)16(13)14-9-15(17)12-19-11-14/h9,11-13,16,18H,3-8,10H2,1-2H3. The second-order valence-electron chi connectivity index (χ2n) is 5.82. The van der Waals surface area contributed by atoms with E-state index in [1.807, 2.05) is 12.4 Å². The summed E-state index contributed by atoms with van der Waals surface area (Å²) in [6.45, 7) is 5.63. The van der Waals surface area contributed by atoms with Crippen LogP contribution in [0.2, 0.25) is 0 Å². The van der Waals surface area contributed by atoms with Crippen LogP contribution in [0.1, 0.15) is 44.2 Å². The van der Waals surface area contributed by atoms with Crippen molar-refractivity contribution in [3.63, 3.8) is 0 Å². The number of likely N-dealkylation sites (tertiary alicyclic amines) is 1. The van der Waals surface area contributed by atoms with Crippen LogP contribution < -0.4 is 5.32 Å². The molecule has 1 N–H and O–H groups in total. The number of hydrogen-bond acceptors (Lipinski definition) is 3. The van der Waals surface area contributed by atoms with Crippen molar-refractivity contribution in [3.05, 3.63) is 28.5 Å². The van der Waals surface area contributed by atoms with Gasteiger partial charge in [-0.2, -0.15) is 0 Å². The van der Waals surface area contributed by atoms with Gasteiger partial charge in [0, 0.05) is 22.9 Å². The fourth-order valence-corrected chi connectivity index (χ4v) is 3.60. The smallest absolute Gasteiger partial charge is 0.0410 e. The average Bonchev–Trinajstić information content (AvgIpc) is 2.61. The molecule has 0 aromatic carbocycles. The van der Waals surface area contributed by atoms with Gasteiger partial charge < -0.3 is 5.32 Å². The van der Waals surface area contributed by atoms with Gasteiger partial charge in [0.2, 0.25) is 0 Å². The van der Waals surface area contributed by atoms with E-state index < -0.39 is 0 Å². The van der Waals surface area contributed by atoms with Gasteiger partial charge in [0.05, 0.1) is 0 Å². The van der Waals surface area contributed by atoms with Gasteiger partial charge in [0.15, 0.2) is 0 Å². The van der Waals surface area contributed by atoms with E-state index in [1.165, 1.54) is 37.8 Å². The van der Waals surface area contributed by atoms with E-state index in [9.17, 15) is 0 Å². The van der Waals surface area contributed by atoms with E-state index in [0.717, 1.165) is 17.6 Å². The number of aromatic nitrogens is 1. The van der Waals surface area contributed by atoms with E-state index in [4.69, 9.17) is 0 Å². The number of hydrogen-bond donors (Lipinski definition) is 1. The van der Waals surface area contributed by atoms with E-state index in [0.29, 0.717) is 12.0 Å². The lowest BCUT2D eigenvalue weighted by molar-refractivity contribution is 0.189. The first-order valence-corrected chi connectivity index (χ1v) is 8.53. The minimum absolute atomic E-state index is 0.479. The molecule has 1 aliphatic rings. The third-order valence-electron chi connectivity index (χ3n) is 4.16. The van der Waals surface area contributed by atoms with Crippen molar-refractivity contribution in [1.82, 2.24) is 15.2 Å². The van der Waals surface area contributed by atoms with Crippen LogP contribution in [-0.2, 0) is 0 Å². The highest BCUT2D eigenvalue weighted by atomic mass is 79.9. The highest BCUT2D eigenvalue weighted by molar-refractivity contribution is 9.10. The Bertz CT molecular complexity index is 410. The second kappa shape index (κ2) is 8.11. The van der Waals surface area contributed by atoms with Crippen LogP contribution >= 0.6 is 15.9 Å². The number of nitrogens with one attached hydrogen (secondary N) is 1. The zero-order valence-corrected chi connectivity index (χ0v) is 14.2. The Morgan fingerprint density at radius 1 is 1.40 bits per heavy atom. The molecule has 0 bridgehead atoms. The van der Waals surface area contributed by atoms with Crippen molar-refractivity contribution in [1.29, 1.82) is 0 Å². The lowest BCUT2D eigenvalue weighted by atomic mass is 9.90. The topological polar surface area (TPSA) is 28.2 Å². The molecule has 1 saturated heterocycles. The van der Waals surface area contributed by atoms with Gasteiger partial charge in [-0.05, 0) is 79.4 Å². The third-order valence-corrected chi connectivity index (χ3v) is 4.59. The summed E-state index contributed by atoms with van der Waals surface area (Å²) in [5.41, 5.74) is 1.34. The highest BCUT2D eigenvalue weighted by Crippen LogP contribution is 2.34. The molecule has 2 unspecified atom stereocenters. The van der Waals surface area contributed by atoms with Crippen LogP contribution in [0.3, 0.4) is 0 Å². The molecule has 0 amide bonds. The molecule has 3 nitrogen and oxygen atoms in total. The van der Waals surface area contributed by atoms with Crippen molar-refractivity contribution in [3.8, 4) is 0 Å². The van der Waals surface area contributed by atoms with E-state index >= 15 is 0 Å². The Kier molecular flexibility index (Phi) is 6.46. The van der Waals surface area contributed by atoms with Crippen molar-refractivity contribution >= 4 is 15.9 Å². The summed E-state index contributed by atoms with van der Waals surface area (Å²) < 4.78 is 1.08. The third kappa shape index (κ3) is 4.27. The number of rotatable bonds is 5. The molecule has 4 heteroatoms. The maximum absolute atomic E-state index is 4.36. The van der Waals surface area contributed by atoms with Crippen LogP contribution in [0.4, 0.5) is 0 Å². The first-order valence-electron chi connectivity index (χ1n) is 7.73. The second-order valence-corrected chi connectivity index (χ2v) is 6.74. The molecule has 0 radical (unpaired) electrons. The average molecular weight is 340 g/mol. The predicted molar refractivity (Wildman–Crippen MR) is 87.8 cm³/mol. The number of pyridine rings is 1. The summed E-state index contributed by atoms with van der Waals surface area (Å²) in [7, 11) is 2.25. The highest BCUT2D eigenvalue weighted by Gasteiger charge is 2.29. The molecule has 0 spiro atoms. The van der Waals surface area contributed by atoms with Crippen molar-refractivity contribution in [2.75, 3.05) is 26.7 Å². The molecule has 2 atom stereocenters. The Hall–Kier alpha value is -0.450. The van der Waals surface area contributed by atoms with Crippen molar-refractivity contribution in [2.24, 2.45) is 5.92 Å². The summed E-state index contributed by atoms with van der Waals surface area (Å²) in [5.74, 6) is 0.671. The zero-order chi connectivity index (χ0) is 14.4. The summed E-state index contributed by atoms with van der Waals surface area (Å²) in [5, 5.41) is 3.61. The Morgan fingerprint density at radius 2 is 2.25 bits per heavy atom. The fraction of sp³-hybridized carbons (Fsp3) is 0.688. The summed E-state index contributed by atoms with van der Waals surface area (Å²) in [4.78, 5) is 6.87. The predicted octanol–water partition coefficient (Wildman–Crippen LogP) is 3.62. The van der Waals surface area contributed by atoms with Gasteiger partial charge in [-0.1, -0.05) is 13.3 Å². The van der Waals surface area contributed by atoms with Crippen molar-refractivity contribution in [2.45, 2.75) is 38.6 Å². The van der Waals surface area contributed by atoms with Gasteiger partial charge in [0.25, 0.3) is 0 Å². The fourth-order valence-electron chi connectivity index (χ4n) is 3.22. The SMILES string of the molecule is CCCNCC1CCCCN(C)C1c1cncc(Br)c1. The summed E-state index contributed by atoms with van der Waals surface area (Å²) in [6, 6.07) is 2.71. The van der Waals surface area contributed by atoms with Crippen LogP contribution in [0.25, 0.3) is 0 Å². The number of halogens is 1. The van der Waals surface area contributed by atoms with Gasteiger partial charge >= 0.3 is 0 Å². The number of nitrogens with zero attached hydrogens (tertiary/aromatic N) is 2. The maximum atomic E-state index is 4.36. The summed E-state index contributed by atoms with van der Waals surface area (Å²) in [6.07, 6.45) is 9.04.